The Bertz CT molecular complexity index is 1050. The number of benzene rings is 3. The third-order valence-corrected chi connectivity index (χ3v) is 4.76. The highest BCUT2D eigenvalue weighted by Gasteiger charge is 2.13. The van der Waals surface area contributed by atoms with Gasteiger partial charge in [0.15, 0.2) is 17.3 Å². The van der Waals surface area contributed by atoms with Gasteiger partial charge in [-0.05, 0) is 55.0 Å². The lowest BCUT2D eigenvalue weighted by Gasteiger charge is -2.10. The molecule has 0 unspecified atom stereocenters. The van der Waals surface area contributed by atoms with E-state index in [2.05, 4.69) is 15.9 Å². The summed E-state index contributed by atoms with van der Waals surface area (Å²) in [7, 11) is 1.50. The van der Waals surface area contributed by atoms with E-state index in [-0.39, 0.29) is 5.78 Å². The number of carbonyl (C=O) groups excluding carboxylic acids is 2. The minimum absolute atomic E-state index is 0.0882. The van der Waals surface area contributed by atoms with Gasteiger partial charge >= 0.3 is 5.97 Å². The maximum Gasteiger partial charge on any atom is 0.343 e. The van der Waals surface area contributed by atoms with Gasteiger partial charge in [-0.3, -0.25) is 4.79 Å². The summed E-state index contributed by atoms with van der Waals surface area (Å²) in [5.41, 5.74) is 2.91. The molecule has 5 heteroatoms. The molecule has 4 nitrogen and oxygen atoms in total. The molecule has 0 aliphatic heterocycles. The summed E-state index contributed by atoms with van der Waals surface area (Å²) in [5, 5.41) is 0. The van der Waals surface area contributed by atoms with Crippen LogP contribution in [-0.4, -0.2) is 18.9 Å². The van der Waals surface area contributed by atoms with Crippen molar-refractivity contribution >= 4 is 33.8 Å². The number of hydrogen-bond donors (Lipinski definition) is 0. The Morgan fingerprint density at radius 3 is 2.17 bits per heavy atom. The predicted molar refractivity (Wildman–Crippen MR) is 117 cm³/mol. The van der Waals surface area contributed by atoms with Gasteiger partial charge in [-0.2, -0.15) is 0 Å². The molecule has 0 saturated heterocycles. The molecule has 3 aromatic rings. The molecule has 29 heavy (non-hydrogen) atoms. The van der Waals surface area contributed by atoms with Crippen LogP contribution in [0.2, 0.25) is 0 Å². The average Bonchev–Trinajstić information content (AvgIpc) is 2.73. The Balaban J connectivity index is 1.74. The first kappa shape index (κ1) is 20.6. The first-order chi connectivity index (χ1) is 14.0. The Morgan fingerprint density at radius 2 is 1.52 bits per heavy atom. The number of methoxy groups -OCH3 is 1. The smallest absolute Gasteiger partial charge is 0.343 e. The van der Waals surface area contributed by atoms with Gasteiger partial charge in [0.1, 0.15) is 0 Å². The molecule has 146 valence electrons. The Hall–Kier alpha value is -3.18. The van der Waals surface area contributed by atoms with Crippen molar-refractivity contribution in [1.82, 2.24) is 0 Å². The monoisotopic (exact) mass is 450 g/mol. The van der Waals surface area contributed by atoms with E-state index >= 15 is 0 Å². The lowest BCUT2D eigenvalue weighted by Crippen LogP contribution is -2.09. The summed E-state index contributed by atoms with van der Waals surface area (Å²) in [6, 6.07) is 19.4. The third kappa shape index (κ3) is 5.42. The van der Waals surface area contributed by atoms with E-state index in [1.165, 1.54) is 13.2 Å². The standard InChI is InChI=1S/C24H19BrO4/c1-16-3-7-18(8-4-16)21(26)13-5-17-6-14-22(23(15-17)28-2)29-24(27)19-9-11-20(25)12-10-19/h3-15H,1-2H3/b13-5+. The zero-order valence-corrected chi connectivity index (χ0v) is 17.6. The van der Waals surface area contributed by atoms with Crippen LogP contribution in [0.1, 0.15) is 31.8 Å². The largest absolute Gasteiger partial charge is 0.493 e. The summed E-state index contributed by atoms with van der Waals surface area (Å²) in [6.45, 7) is 1.97. The highest BCUT2D eigenvalue weighted by Crippen LogP contribution is 2.29. The summed E-state index contributed by atoms with van der Waals surface area (Å²) >= 11 is 3.33. The fourth-order valence-corrected chi connectivity index (χ4v) is 2.87. The molecule has 0 aromatic heterocycles. The normalized spacial score (nSPS) is 10.7. The molecule has 3 rings (SSSR count). The molecule has 0 atom stereocenters. The Kier molecular flexibility index (Phi) is 6.62. The SMILES string of the molecule is COc1cc(/C=C/C(=O)c2ccc(C)cc2)ccc1OC(=O)c1ccc(Br)cc1. The van der Waals surface area contributed by atoms with Gasteiger partial charge in [-0.15, -0.1) is 0 Å². The number of hydrogen-bond acceptors (Lipinski definition) is 4. The van der Waals surface area contributed by atoms with Gasteiger partial charge in [0, 0.05) is 10.0 Å². The predicted octanol–water partition coefficient (Wildman–Crippen LogP) is 5.88. The maximum absolute atomic E-state index is 12.3. The first-order valence-corrected chi connectivity index (χ1v) is 9.70. The number of allylic oxidation sites excluding steroid dienone is 1. The minimum Gasteiger partial charge on any atom is -0.493 e. The van der Waals surface area contributed by atoms with E-state index in [0.29, 0.717) is 22.6 Å². The van der Waals surface area contributed by atoms with Crippen LogP contribution in [-0.2, 0) is 0 Å². The summed E-state index contributed by atoms with van der Waals surface area (Å²) in [4.78, 5) is 24.6. The van der Waals surface area contributed by atoms with Gasteiger partial charge in [0.2, 0.25) is 0 Å². The average molecular weight is 451 g/mol. The number of ketones is 1. The topological polar surface area (TPSA) is 52.6 Å². The van der Waals surface area contributed by atoms with E-state index in [4.69, 9.17) is 9.47 Å². The minimum atomic E-state index is -0.478. The molecule has 0 aliphatic rings. The van der Waals surface area contributed by atoms with Crippen molar-refractivity contribution in [2.45, 2.75) is 6.92 Å². The van der Waals surface area contributed by atoms with Crippen molar-refractivity contribution in [2.75, 3.05) is 7.11 Å². The van der Waals surface area contributed by atoms with E-state index in [1.807, 2.05) is 19.1 Å². The van der Waals surface area contributed by atoms with Crippen LogP contribution in [0.4, 0.5) is 0 Å². The van der Waals surface area contributed by atoms with Crippen molar-refractivity contribution in [2.24, 2.45) is 0 Å². The van der Waals surface area contributed by atoms with Gasteiger partial charge < -0.3 is 9.47 Å². The quantitative estimate of drug-likeness (QED) is 0.203. The van der Waals surface area contributed by atoms with Crippen molar-refractivity contribution in [3.63, 3.8) is 0 Å². The second-order valence-electron chi connectivity index (χ2n) is 6.37. The van der Waals surface area contributed by atoms with Crippen molar-refractivity contribution < 1.29 is 19.1 Å². The number of esters is 1. The van der Waals surface area contributed by atoms with Crippen molar-refractivity contribution in [1.29, 1.82) is 0 Å². The highest BCUT2D eigenvalue weighted by atomic mass is 79.9. The van der Waals surface area contributed by atoms with Gasteiger partial charge in [0.05, 0.1) is 12.7 Å². The van der Waals surface area contributed by atoms with Crippen LogP contribution in [0, 0.1) is 6.92 Å². The number of aryl methyl sites for hydroxylation is 1. The molecule has 0 bridgehead atoms. The lowest BCUT2D eigenvalue weighted by molar-refractivity contribution is 0.0729. The second-order valence-corrected chi connectivity index (χ2v) is 7.29. The number of halogens is 1. The maximum atomic E-state index is 12.3. The molecule has 0 amide bonds. The fraction of sp³-hybridized carbons (Fsp3) is 0.0833. The number of carbonyl (C=O) groups is 2. The molecule has 0 heterocycles. The summed E-state index contributed by atoms with van der Waals surface area (Å²) in [5.74, 6) is 0.145. The molecule has 0 N–H and O–H groups in total. The molecule has 0 fully saturated rings. The molecule has 0 spiro atoms. The van der Waals surface area contributed by atoms with Gasteiger partial charge in [-0.1, -0.05) is 57.9 Å². The summed E-state index contributed by atoms with van der Waals surface area (Å²) in [6.07, 6.45) is 3.21. The van der Waals surface area contributed by atoms with E-state index in [0.717, 1.165) is 15.6 Å². The lowest BCUT2D eigenvalue weighted by atomic mass is 10.1. The first-order valence-electron chi connectivity index (χ1n) is 8.91. The molecular weight excluding hydrogens is 432 g/mol. The molecule has 0 radical (unpaired) electrons. The molecule has 3 aromatic carbocycles. The van der Waals surface area contributed by atoms with E-state index in [1.54, 1.807) is 60.7 Å². The molecular formula is C24H19BrO4. The Morgan fingerprint density at radius 1 is 0.862 bits per heavy atom. The van der Waals surface area contributed by atoms with Crippen LogP contribution in [0.3, 0.4) is 0 Å². The molecule has 0 saturated carbocycles. The second kappa shape index (κ2) is 9.34. The molecule has 0 aliphatic carbocycles. The van der Waals surface area contributed by atoms with Crippen LogP contribution in [0.15, 0.2) is 77.3 Å². The number of rotatable bonds is 6. The van der Waals surface area contributed by atoms with Crippen LogP contribution in [0.5, 0.6) is 11.5 Å². The van der Waals surface area contributed by atoms with E-state index in [9.17, 15) is 9.59 Å². The zero-order chi connectivity index (χ0) is 20.8. The van der Waals surface area contributed by atoms with Crippen LogP contribution < -0.4 is 9.47 Å². The van der Waals surface area contributed by atoms with Crippen molar-refractivity contribution in [3.8, 4) is 11.5 Å². The van der Waals surface area contributed by atoms with Gasteiger partial charge in [-0.25, -0.2) is 4.79 Å². The zero-order valence-electron chi connectivity index (χ0n) is 16.0. The highest BCUT2D eigenvalue weighted by molar-refractivity contribution is 9.10. The fourth-order valence-electron chi connectivity index (χ4n) is 2.60. The van der Waals surface area contributed by atoms with E-state index < -0.39 is 5.97 Å². The van der Waals surface area contributed by atoms with Gasteiger partial charge in [0.25, 0.3) is 0 Å². The van der Waals surface area contributed by atoms with Crippen LogP contribution >= 0.6 is 15.9 Å². The van der Waals surface area contributed by atoms with Crippen molar-refractivity contribution in [3.05, 3.63) is 99.5 Å². The Labute approximate surface area is 177 Å². The summed E-state index contributed by atoms with van der Waals surface area (Å²) < 4.78 is 11.7. The van der Waals surface area contributed by atoms with Crippen LogP contribution in [0.25, 0.3) is 6.08 Å². The third-order valence-electron chi connectivity index (χ3n) is 4.23. The number of ether oxygens (including phenoxy) is 2.